The normalized spacial score (nSPS) is 14.6. The molecular weight excluding hydrogens is 208 g/mol. The molecule has 0 aliphatic carbocycles. The van der Waals surface area contributed by atoms with Gasteiger partial charge in [-0.15, -0.1) is 0 Å². The average molecular weight is 226 g/mol. The van der Waals surface area contributed by atoms with Crippen molar-refractivity contribution in [3.05, 3.63) is 0 Å². The SMILES string of the molecule is COS(=O)(=O)O[Si](C)(C)C(C)(C)C. The Balaban J connectivity index is 4.72. The van der Waals surface area contributed by atoms with Crippen LogP contribution in [0.5, 0.6) is 0 Å². The predicted octanol–water partition coefficient (Wildman–Crippen LogP) is 1.90. The molecule has 0 aliphatic heterocycles. The van der Waals surface area contributed by atoms with Crippen molar-refractivity contribution in [2.45, 2.75) is 38.9 Å². The van der Waals surface area contributed by atoms with Gasteiger partial charge in [-0.25, -0.2) is 0 Å². The van der Waals surface area contributed by atoms with Crippen LogP contribution in [-0.2, 0) is 18.5 Å². The van der Waals surface area contributed by atoms with E-state index in [2.05, 4.69) is 4.18 Å². The molecule has 0 spiro atoms. The molecule has 0 amide bonds. The standard InChI is InChI=1S/C7H18O4SSi/c1-7(2,3)13(5,6)11-12(8,9)10-4/h1-6H3. The molecule has 0 heterocycles. The minimum Gasteiger partial charge on any atom is -0.293 e. The van der Waals surface area contributed by atoms with Gasteiger partial charge in [0.1, 0.15) is 0 Å². The Kier molecular flexibility index (Phi) is 3.71. The topological polar surface area (TPSA) is 52.6 Å². The van der Waals surface area contributed by atoms with Gasteiger partial charge in [-0.2, -0.15) is 8.42 Å². The first-order chi connectivity index (χ1) is 5.52. The van der Waals surface area contributed by atoms with E-state index in [0.717, 1.165) is 7.11 Å². The van der Waals surface area contributed by atoms with E-state index in [0.29, 0.717) is 0 Å². The van der Waals surface area contributed by atoms with Gasteiger partial charge in [0.25, 0.3) is 0 Å². The largest absolute Gasteiger partial charge is 0.389 e. The van der Waals surface area contributed by atoms with Crippen LogP contribution in [0.15, 0.2) is 0 Å². The zero-order valence-corrected chi connectivity index (χ0v) is 10.9. The molecule has 0 aromatic rings. The van der Waals surface area contributed by atoms with Gasteiger partial charge in [0.05, 0.1) is 7.11 Å². The third-order valence-corrected chi connectivity index (χ3v) is 8.82. The van der Waals surface area contributed by atoms with Gasteiger partial charge in [0.15, 0.2) is 0 Å². The maximum atomic E-state index is 11.1. The summed E-state index contributed by atoms with van der Waals surface area (Å²) in [6.45, 7) is 9.59. The van der Waals surface area contributed by atoms with E-state index in [-0.39, 0.29) is 5.04 Å². The van der Waals surface area contributed by atoms with E-state index in [1.54, 1.807) is 0 Å². The van der Waals surface area contributed by atoms with Crippen LogP contribution in [0.2, 0.25) is 18.1 Å². The highest BCUT2D eigenvalue weighted by molar-refractivity contribution is 7.83. The Hall–Kier alpha value is 0.0869. The molecule has 0 saturated heterocycles. The van der Waals surface area contributed by atoms with Crippen molar-refractivity contribution in [3.8, 4) is 0 Å². The monoisotopic (exact) mass is 226 g/mol. The van der Waals surface area contributed by atoms with Crippen LogP contribution in [0.3, 0.4) is 0 Å². The van der Waals surface area contributed by atoms with E-state index in [1.807, 2.05) is 33.9 Å². The number of hydrogen-bond donors (Lipinski definition) is 0. The van der Waals surface area contributed by atoms with Crippen LogP contribution >= 0.6 is 0 Å². The van der Waals surface area contributed by atoms with E-state index < -0.39 is 18.7 Å². The zero-order chi connectivity index (χ0) is 10.9. The van der Waals surface area contributed by atoms with Crippen molar-refractivity contribution in [2.24, 2.45) is 0 Å². The third-order valence-electron chi connectivity index (χ3n) is 2.32. The quantitative estimate of drug-likeness (QED) is 0.690. The van der Waals surface area contributed by atoms with Gasteiger partial charge in [0.2, 0.25) is 8.32 Å². The molecule has 0 unspecified atom stereocenters. The van der Waals surface area contributed by atoms with Crippen molar-refractivity contribution < 1.29 is 16.5 Å². The fraction of sp³-hybridized carbons (Fsp3) is 1.00. The summed E-state index contributed by atoms with van der Waals surface area (Å²) in [6.07, 6.45) is 0. The molecule has 0 saturated carbocycles. The summed E-state index contributed by atoms with van der Waals surface area (Å²) < 4.78 is 31.4. The first-order valence-electron chi connectivity index (χ1n) is 4.03. The molecule has 0 radical (unpaired) electrons. The summed E-state index contributed by atoms with van der Waals surface area (Å²) in [6, 6.07) is 0. The van der Waals surface area contributed by atoms with Gasteiger partial charge in [-0.05, 0) is 18.1 Å². The second-order valence-electron chi connectivity index (χ2n) is 4.42. The summed E-state index contributed by atoms with van der Waals surface area (Å²) in [7, 11) is -4.97. The molecule has 0 atom stereocenters. The Morgan fingerprint density at radius 2 is 1.54 bits per heavy atom. The van der Waals surface area contributed by atoms with E-state index >= 15 is 0 Å². The molecule has 0 N–H and O–H groups in total. The molecule has 80 valence electrons. The first kappa shape index (κ1) is 13.1. The van der Waals surface area contributed by atoms with Crippen molar-refractivity contribution >= 4 is 18.7 Å². The van der Waals surface area contributed by atoms with Crippen molar-refractivity contribution in [2.75, 3.05) is 7.11 Å². The zero-order valence-electron chi connectivity index (χ0n) is 9.04. The molecule has 0 rings (SSSR count). The molecule has 6 heteroatoms. The highest BCUT2D eigenvalue weighted by Crippen LogP contribution is 2.37. The molecule has 0 bridgehead atoms. The second-order valence-corrected chi connectivity index (χ2v) is 10.8. The lowest BCUT2D eigenvalue weighted by molar-refractivity contribution is 0.321. The lowest BCUT2D eigenvalue weighted by Gasteiger charge is -2.34. The molecule has 4 nitrogen and oxygen atoms in total. The van der Waals surface area contributed by atoms with Crippen LogP contribution in [0.4, 0.5) is 0 Å². The fourth-order valence-corrected chi connectivity index (χ4v) is 3.73. The summed E-state index contributed by atoms with van der Waals surface area (Å²) in [5.74, 6) is 0. The maximum Gasteiger partial charge on any atom is 0.389 e. The summed E-state index contributed by atoms with van der Waals surface area (Å²) in [5.41, 5.74) is 0. The van der Waals surface area contributed by atoms with Crippen LogP contribution in [0.25, 0.3) is 0 Å². The minimum atomic E-state index is -3.80. The van der Waals surface area contributed by atoms with Crippen LogP contribution in [-0.4, -0.2) is 23.8 Å². The highest BCUT2D eigenvalue weighted by Gasteiger charge is 2.41. The molecular formula is C7H18O4SSi. The minimum absolute atomic E-state index is 0.140. The predicted molar refractivity (Wildman–Crippen MR) is 54.2 cm³/mol. The van der Waals surface area contributed by atoms with Crippen LogP contribution in [0.1, 0.15) is 20.8 Å². The maximum absolute atomic E-state index is 11.1. The summed E-state index contributed by atoms with van der Waals surface area (Å²) in [5, 5.41) is -0.140. The van der Waals surface area contributed by atoms with Gasteiger partial charge >= 0.3 is 10.4 Å². The Morgan fingerprint density at radius 3 is 1.77 bits per heavy atom. The summed E-state index contributed by atoms with van der Waals surface area (Å²) in [4.78, 5) is 0. The molecule has 0 aromatic carbocycles. The Bertz CT molecular complexity index is 263. The fourth-order valence-electron chi connectivity index (χ4n) is 0.414. The summed E-state index contributed by atoms with van der Waals surface area (Å²) >= 11 is 0. The molecule has 0 fully saturated rings. The van der Waals surface area contributed by atoms with E-state index in [1.165, 1.54) is 0 Å². The van der Waals surface area contributed by atoms with Crippen molar-refractivity contribution in [3.63, 3.8) is 0 Å². The smallest absolute Gasteiger partial charge is 0.293 e. The van der Waals surface area contributed by atoms with E-state index in [4.69, 9.17) is 3.87 Å². The lowest BCUT2D eigenvalue weighted by atomic mass is 10.2. The van der Waals surface area contributed by atoms with Crippen molar-refractivity contribution in [1.82, 2.24) is 0 Å². The Morgan fingerprint density at radius 1 is 1.15 bits per heavy atom. The van der Waals surface area contributed by atoms with Gasteiger partial charge in [-0.3, -0.25) is 8.06 Å². The van der Waals surface area contributed by atoms with E-state index in [9.17, 15) is 8.42 Å². The van der Waals surface area contributed by atoms with Gasteiger partial charge in [-0.1, -0.05) is 20.8 Å². The lowest BCUT2D eigenvalue weighted by Crippen LogP contribution is -2.42. The molecule has 13 heavy (non-hydrogen) atoms. The van der Waals surface area contributed by atoms with Crippen LogP contribution < -0.4 is 0 Å². The molecule has 0 aliphatic rings. The number of rotatable bonds is 3. The third kappa shape index (κ3) is 3.76. The average Bonchev–Trinajstić information content (AvgIpc) is 1.83. The first-order valence-corrected chi connectivity index (χ1v) is 8.27. The second kappa shape index (κ2) is 3.68. The van der Waals surface area contributed by atoms with Crippen molar-refractivity contribution in [1.29, 1.82) is 0 Å². The Labute approximate surface area is 81.7 Å². The molecule has 0 aromatic heterocycles. The van der Waals surface area contributed by atoms with Gasteiger partial charge in [0, 0.05) is 0 Å². The van der Waals surface area contributed by atoms with Gasteiger partial charge < -0.3 is 0 Å². The van der Waals surface area contributed by atoms with Crippen LogP contribution in [0, 0.1) is 0 Å². The number of hydrogen-bond acceptors (Lipinski definition) is 4. The highest BCUT2D eigenvalue weighted by atomic mass is 32.3.